The van der Waals surface area contributed by atoms with Crippen molar-refractivity contribution >= 4 is 17.8 Å². The Morgan fingerprint density at radius 1 is 1.22 bits per heavy atom. The van der Waals surface area contributed by atoms with Crippen LogP contribution in [-0.4, -0.2) is 82.8 Å². The van der Waals surface area contributed by atoms with Crippen LogP contribution >= 0.6 is 0 Å². The maximum Gasteiger partial charge on any atom is 0.312 e. The molecular weight excluding hydrogens is 412 g/mol. The van der Waals surface area contributed by atoms with E-state index in [1.165, 1.54) is 4.90 Å². The predicted molar refractivity (Wildman–Crippen MR) is 116 cm³/mol. The number of likely N-dealkylation sites (tertiary alicyclic amines) is 1. The molecule has 0 aromatic rings. The number of ether oxygens (including phenoxy) is 2. The number of allylic oxidation sites excluding steroid dienone is 1. The van der Waals surface area contributed by atoms with Crippen LogP contribution in [0.1, 0.15) is 46.0 Å². The number of aliphatic hydroxyl groups is 1. The molecule has 1 N–H and O–H groups in total. The molecule has 0 aliphatic carbocycles. The van der Waals surface area contributed by atoms with Crippen molar-refractivity contribution in [3.8, 4) is 0 Å². The lowest BCUT2D eigenvalue weighted by molar-refractivity contribution is -0.156. The largest absolute Gasteiger partial charge is 0.465 e. The number of esters is 1. The second-order valence-corrected chi connectivity index (χ2v) is 9.25. The van der Waals surface area contributed by atoms with Gasteiger partial charge in [0.05, 0.1) is 31.3 Å². The number of aliphatic hydroxyl groups excluding tert-OH is 1. The summed E-state index contributed by atoms with van der Waals surface area (Å²) in [6, 6.07) is -1.50. The number of unbranched alkanes of at least 4 members (excludes halogenated alkanes) is 1. The first-order chi connectivity index (χ1) is 15.5. The van der Waals surface area contributed by atoms with E-state index >= 15 is 0 Å². The Kier molecular flexibility index (Phi) is 6.72. The fourth-order valence-electron chi connectivity index (χ4n) is 5.51. The van der Waals surface area contributed by atoms with Gasteiger partial charge >= 0.3 is 5.97 Å². The Hall–Kier alpha value is -2.19. The van der Waals surface area contributed by atoms with E-state index < -0.39 is 41.6 Å². The third kappa shape index (κ3) is 3.67. The van der Waals surface area contributed by atoms with Crippen molar-refractivity contribution < 1.29 is 29.0 Å². The molecule has 0 radical (unpaired) electrons. The van der Waals surface area contributed by atoms with Gasteiger partial charge in [0.25, 0.3) is 0 Å². The summed E-state index contributed by atoms with van der Waals surface area (Å²) in [5, 5.41) is 9.88. The maximum atomic E-state index is 13.8. The monoisotopic (exact) mass is 446 g/mol. The number of amides is 2. The summed E-state index contributed by atoms with van der Waals surface area (Å²) in [7, 11) is 0. The molecule has 0 aromatic heterocycles. The summed E-state index contributed by atoms with van der Waals surface area (Å²) in [5.41, 5.74) is -1.26. The van der Waals surface area contributed by atoms with Crippen LogP contribution < -0.4 is 0 Å². The van der Waals surface area contributed by atoms with Gasteiger partial charge in [0, 0.05) is 13.1 Å². The van der Waals surface area contributed by atoms with Gasteiger partial charge in [-0.25, -0.2) is 0 Å². The van der Waals surface area contributed by atoms with Crippen molar-refractivity contribution in [2.45, 2.75) is 69.7 Å². The molecule has 176 valence electrons. The molecule has 6 atom stereocenters. The average molecular weight is 447 g/mol. The second kappa shape index (κ2) is 9.35. The van der Waals surface area contributed by atoms with Crippen LogP contribution in [-0.2, 0) is 23.9 Å². The van der Waals surface area contributed by atoms with Crippen LogP contribution in [0.15, 0.2) is 24.3 Å². The van der Waals surface area contributed by atoms with Gasteiger partial charge in [-0.3, -0.25) is 14.4 Å². The first-order valence-electron chi connectivity index (χ1n) is 11.9. The number of nitrogens with zero attached hydrogens (tertiary/aromatic N) is 2. The zero-order chi connectivity index (χ0) is 22.9. The zero-order valence-corrected chi connectivity index (χ0v) is 18.9. The van der Waals surface area contributed by atoms with E-state index in [0.717, 1.165) is 32.1 Å². The highest BCUT2D eigenvalue weighted by Gasteiger charge is 2.72. The van der Waals surface area contributed by atoms with Crippen LogP contribution in [0, 0.1) is 11.8 Å². The van der Waals surface area contributed by atoms with Gasteiger partial charge in [-0.15, -0.1) is 0 Å². The summed E-state index contributed by atoms with van der Waals surface area (Å²) >= 11 is 0. The summed E-state index contributed by atoms with van der Waals surface area (Å²) in [6.07, 6.45) is 11.2. The van der Waals surface area contributed by atoms with E-state index in [1.807, 2.05) is 24.3 Å². The number of cyclic esters (lactones) is 1. The minimum atomic E-state index is -1.26. The Bertz CT molecular complexity index is 810. The molecule has 2 amide bonds. The van der Waals surface area contributed by atoms with Crippen molar-refractivity contribution in [2.75, 3.05) is 26.3 Å². The standard InChI is InChI=1S/C24H34N2O6/c1-3-4-12-25-13-9-11-24-19(21(28)26(16(2)15-27)20(24)22(25)29)18-17(32-24)10-7-5-6-8-14-31-23(18)30/h7,9-11,16-20,27H,3-6,8,12-15H2,1-2H3/b10-7-/t16-,17-,18+,19+,20?,24+/m1/s1. The van der Waals surface area contributed by atoms with Crippen molar-refractivity contribution in [3.63, 3.8) is 0 Å². The SMILES string of the molecule is CCCCN1CC=C[C@]23O[C@@H]4/C=C\CCCCOC(=O)[C@@H]4[C@H]2C(=O)N([C@H](C)CO)C3C1=O. The fourth-order valence-corrected chi connectivity index (χ4v) is 5.51. The van der Waals surface area contributed by atoms with Gasteiger partial charge in [-0.2, -0.15) is 0 Å². The van der Waals surface area contributed by atoms with Crippen LogP contribution in [0.4, 0.5) is 0 Å². The lowest BCUT2D eigenvalue weighted by Crippen LogP contribution is -2.57. The lowest BCUT2D eigenvalue weighted by atomic mass is 9.78. The molecule has 8 heteroatoms. The Morgan fingerprint density at radius 2 is 2.03 bits per heavy atom. The van der Waals surface area contributed by atoms with Crippen molar-refractivity contribution in [2.24, 2.45) is 11.8 Å². The van der Waals surface area contributed by atoms with E-state index in [-0.39, 0.29) is 18.4 Å². The lowest BCUT2D eigenvalue weighted by Gasteiger charge is -2.37. The van der Waals surface area contributed by atoms with Crippen LogP contribution in [0.25, 0.3) is 0 Å². The summed E-state index contributed by atoms with van der Waals surface area (Å²) in [6.45, 7) is 4.82. The summed E-state index contributed by atoms with van der Waals surface area (Å²) in [5.74, 6) is -2.67. The van der Waals surface area contributed by atoms with Gasteiger partial charge in [-0.05, 0) is 32.6 Å². The van der Waals surface area contributed by atoms with E-state index in [9.17, 15) is 19.5 Å². The molecule has 0 aromatic carbocycles. The molecule has 2 fully saturated rings. The normalized spacial score (nSPS) is 36.8. The predicted octanol–water partition coefficient (Wildman–Crippen LogP) is 1.43. The Morgan fingerprint density at radius 3 is 2.78 bits per heavy atom. The van der Waals surface area contributed by atoms with Crippen molar-refractivity contribution in [1.82, 2.24) is 9.80 Å². The van der Waals surface area contributed by atoms with Gasteiger partial charge in [0.2, 0.25) is 11.8 Å². The van der Waals surface area contributed by atoms with E-state index in [4.69, 9.17) is 9.47 Å². The highest BCUT2D eigenvalue weighted by atomic mass is 16.6. The minimum Gasteiger partial charge on any atom is -0.465 e. The van der Waals surface area contributed by atoms with Gasteiger partial charge < -0.3 is 24.4 Å². The van der Waals surface area contributed by atoms with Crippen LogP contribution in [0.3, 0.4) is 0 Å². The third-order valence-electron chi connectivity index (χ3n) is 7.14. The number of hydrogen-bond donors (Lipinski definition) is 1. The van der Waals surface area contributed by atoms with Crippen molar-refractivity contribution in [1.29, 1.82) is 0 Å². The zero-order valence-electron chi connectivity index (χ0n) is 18.9. The second-order valence-electron chi connectivity index (χ2n) is 9.25. The van der Waals surface area contributed by atoms with Gasteiger partial charge in [0.15, 0.2) is 0 Å². The molecule has 1 spiro atoms. The molecule has 4 aliphatic rings. The summed E-state index contributed by atoms with van der Waals surface area (Å²) < 4.78 is 12.0. The fraction of sp³-hybridized carbons (Fsp3) is 0.708. The molecule has 1 unspecified atom stereocenters. The molecule has 32 heavy (non-hydrogen) atoms. The number of carbonyl (C=O) groups is 3. The summed E-state index contributed by atoms with van der Waals surface area (Å²) in [4.78, 5) is 43.9. The molecule has 0 saturated carbocycles. The molecular formula is C24H34N2O6. The van der Waals surface area contributed by atoms with E-state index in [0.29, 0.717) is 19.7 Å². The van der Waals surface area contributed by atoms with E-state index in [1.54, 1.807) is 11.8 Å². The topological polar surface area (TPSA) is 96.4 Å². The van der Waals surface area contributed by atoms with Crippen LogP contribution in [0.5, 0.6) is 0 Å². The number of carbonyl (C=O) groups excluding carboxylic acids is 3. The average Bonchev–Trinajstić information content (AvgIpc) is 3.18. The number of rotatable bonds is 5. The third-order valence-corrected chi connectivity index (χ3v) is 7.14. The minimum absolute atomic E-state index is 0.194. The quantitative estimate of drug-likeness (QED) is 0.507. The highest BCUT2D eigenvalue weighted by molar-refractivity contribution is 5.99. The Labute approximate surface area is 189 Å². The molecule has 4 rings (SSSR count). The molecule has 8 nitrogen and oxygen atoms in total. The maximum absolute atomic E-state index is 13.8. The molecule has 4 aliphatic heterocycles. The number of hydrogen-bond acceptors (Lipinski definition) is 6. The van der Waals surface area contributed by atoms with E-state index in [2.05, 4.69) is 6.92 Å². The first-order valence-corrected chi connectivity index (χ1v) is 11.9. The first kappa shape index (κ1) is 23.0. The highest BCUT2D eigenvalue weighted by Crippen LogP contribution is 2.53. The Balaban J connectivity index is 1.80. The molecule has 2 saturated heterocycles. The smallest absolute Gasteiger partial charge is 0.312 e. The molecule has 4 heterocycles. The van der Waals surface area contributed by atoms with Gasteiger partial charge in [-0.1, -0.05) is 37.6 Å². The van der Waals surface area contributed by atoms with Gasteiger partial charge in [0.1, 0.15) is 17.6 Å². The number of fused-ring (bicyclic) bond motifs is 2. The molecule has 0 bridgehead atoms. The van der Waals surface area contributed by atoms with Crippen molar-refractivity contribution in [3.05, 3.63) is 24.3 Å². The van der Waals surface area contributed by atoms with Crippen LogP contribution in [0.2, 0.25) is 0 Å².